The maximum Gasteiger partial charge on any atom is 0.460 e. The fourth-order valence-corrected chi connectivity index (χ4v) is 3.38. The minimum atomic E-state index is -6.80. The summed E-state index contributed by atoms with van der Waals surface area (Å²) in [5, 5.41) is 39.6. The lowest BCUT2D eigenvalue weighted by molar-refractivity contribution is -0.344. The number of aliphatic hydroxyl groups excluding tert-OH is 3. The van der Waals surface area contributed by atoms with Gasteiger partial charge in [0.1, 0.15) is 18.3 Å². The van der Waals surface area contributed by atoms with E-state index in [1.807, 2.05) is 0 Å². The van der Waals surface area contributed by atoms with Crippen molar-refractivity contribution in [2.24, 2.45) is 0 Å². The van der Waals surface area contributed by atoms with Gasteiger partial charge in [-0.1, -0.05) is 0 Å². The first-order valence-corrected chi connectivity index (χ1v) is 9.60. The molecule has 196 valence electrons. The Morgan fingerprint density at radius 1 is 1.12 bits per heavy atom. The van der Waals surface area contributed by atoms with Gasteiger partial charge in [0.2, 0.25) is 5.76 Å². The third-order valence-corrected chi connectivity index (χ3v) is 5.24. The fraction of sp³-hybridized carbons (Fsp3) is 0.765. The molecular weight excluding hydrogens is 493 g/mol. The van der Waals surface area contributed by atoms with Gasteiger partial charge in [0.25, 0.3) is 5.91 Å². The van der Waals surface area contributed by atoms with E-state index in [0.717, 1.165) is 6.08 Å². The molecule has 5 N–H and O–H groups in total. The quantitative estimate of drug-likeness (QED) is 0.260. The standard InChI is InChI=1S/C17H21F7N2O8/c18-15(19,16(20,21)17(22,23)24)14(32)25-10-7(26-1-3-33-4-2-26)5-9(13(30)31)34-12(10)11(29)8(28)6-27/h5,7-8,10-12,27-29H,1-4,6H2,(H,25,32)(H,30,31)/t7-,8-,10-,11+,12+/m1/s1. The third kappa shape index (κ3) is 5.37. The molecule has 0 radical (unpaired) electrons. The van der Waals surface area contributed by atoms with Gasteiger partial charge >= 0.3 is 24.0 Å². The molecule has 2 aliphatic heterocycles. The van der Waals surface area contributed by atoms with Crippen LogP contribution in [0, 0.1) is 0 Å². The van der Waals surface area contributed by atoms with E-state index in [1.165, 1.54) is 10.2 Å². The van der Waals surface area contributed by atoms with Crippen LogP contribution in [0.15, 0.2) is 11.8 Å². The molecule has 0 aromatic rings. The zero-order valence-corrected chi connectivity index (χ0v) is 17.0. The number of carboxylic acids is 1. The van der Waals surface area contributed by atoms with Crippen LogP contribution < -0.4 is 5.32 Å². The average molecular weight is 514 g/mol. The molecule has 0 bridgehead atoms. The summed E-state index contributed by atoms with van der Waals surface area (Å²) in [6.07, 6.45) is -12.6. The minimum Gasteiger partial charge on any atom is -0.478 e. The number of ether oxygens (including phenoxy) is 2. The molecule has 1 amide bonds. The molecule has 0 aromatic heterocycles. The Morgan fingerprint density at radius 3 is 2.15 bits per heavy atom. The Hall–Kier alpha value is -2.21. The Kier molecular flexibility index (Phi) is 8.40. The van der Waals surface area contributed by atoms with Gasteiger partial charge in [0.15, 0.2) is 0 Å². The Labute approximate surface area is 186 Å². The van der Waals surface area contributed by atoms with Crippen molar-refractivity contribution in [3.05, 3.63) is 11.8 Å². The van der Waals surface area contributed by atoms with Gasteiger partial charge in [-0.05, 0) is 6.08 Å². The van der Waals surface area contributed by atoms with Crippen LogP contribution >= 0.6 is 0 Å². The molecular formula is C17H21F7N2O8. The van der Waals surface area contributed by atoms with Crippen molar-refractivity contribution in [2.45, 2.75) is 48.4 Å². The highest BCUT2D eigenvalue weighted by Crippen LogP contribution is 2.46. The molecule has 0 aliphatic carbocycles. The minimum absolute atomic E-state index is 0.0169. The maximum absolute atomic E-state index is 14.0. The number of hydrogen-bond donors (Lipinski definition) is 5. The van der Waals surface area contributed by atoms with Gasteiger partial charge < -0.3 is 35.2 Å². The van der Waals surface area contributed by atoms with Crippen molar-refractivity contribution < 1.29 is 70.2 Å². The number of carboxylic acid groups (broad SMARTS) is 1. The molecule has 2 rings (SSSR count). The second-order valence-electron chi connectivity index (χ2n) is 7.44. The summed E-state index contributed by atoms with van der Waals surface area (Å²) in [6.45, 7) is -1.19. The van der Waals surface area contributed by atoms with Crippen LogP contribution in [0.1, 0.15) is 0 Å². The number of halogens is 7. The van der Waals surface area contributed by atoms with Gasteiger partial charge in [0, 0.05) is 13.1 Å². The van der Waals surface area contributed by atoms with Crippen LogP contribution in [0.2, 0.25) is 0 Å². The van der Waals surface area contributed by atoms with E-state index in [1.54, 1.807) is 0 Å². The number of amides is 1. The van der Waals surface area contributed by atoms with E-state index in [4.69, 9.17) is 14.6 Å². The number of morpholine rings is 1. The van der Waals surface area contributed by atoms with Crippen LogP contribution in [-0.2, 0) is 19.1 Å². The first-order valence-electron chi connectivity index (χ1n) is 9.60. The number of alkyl halides is 7. The molecule has 0 aromatic carbocycles. The molecule has 0 spiro atoms. The number of aliphatic carboxylic acids is 1. The number of aliphatic hydroxyl groups is 3. The van der Waals surface area contributed by atoms with Crippen molar-refractivity contribution >= 4 is 11.9 Å². The summed E-state index contributed by atoms with van der Waals surface area (Å²) >= 11 is 0. The number of hydrogen-bond acceptors (Lipinski definition) is 8. The van der Waals surface area contributed by atoms with Crippen molar-refractivity contribution in [2.75, 3.05) is 32.9 Å². The van der Waals surface area contributed by atoms with E-state index < -0.39 is 72.7 Å². The second kappa shape index (κ2) is 10.2. The monoisotopic (exact) mass is 514 g/mol. The number of rotatable bonds is 8. The topological polar surface area (TPSA) is 149 Å². The summed E-state index contributed by atoms with van der Waals surface area (Å²) in [5.74, 6) is -18.8. The molecule has 17 heteroatoms. The number of nitrogens with one attached hydrogen (secondary N) is 1. The molecule has 10 nitrogen and oxygen atoms in total. The maximum atomic E-state index is 14.0. The lowest BCUT2D eigenvalue weighted by Crippen LogP contribution is -2.68. The predicted octanol–water partition coefficient (Wildman–Crippen LogP) is -0.914. The van der Waals surface area contributed by atoms with Gasteiger partial charge in [-0.3, -0.25) is 9.69 Å². The lowest BCUT2D eigenvalue weighted by Gasteiger charge is -2.45. The molecule has 1 fully saturated rings. The summed E-state index contributed by atoms with van der Waals surface area (Å²) in [5.41, 5.74) is 0. The Bertz CT molecular complexity index is 788. The smallest absolute Gasteiger partial charge is 0.460 e. The van der Waals surface area contributed by atoms with Crippen LogP contribution in [0.3, 0.4) is 0 Å². The van der Waals surface area contributed by atoms with E-state index in [-0.39, 0.29) is 26.3 Å². The van der Waals surface area contributed by atoms with Crippen LogP contribution in [0.5, 0.6) is 0 Å². The second-order valence-corrected chi connectivity index (χ2v) is 7.44. The highest BCUT2D eigenvalue weighted by molar-refractivity contribution is 5.86. The van der Waals surface area contributed by atoms with Crippen molar-refractivity contribution in [1.29, 1.82) is 0 Å². The van der Waals surface area contributed by atoms with Crippen molar-refractivity contribution in [3.63, 3.8) is 0 Å². The van der Waals surface area contributed by atoms with E-state index >= 15 is 0 Å². The zero-order valence-electron chi connectivity index (χ0n) is 17.0. The Morgan fingerprint density at radius 2 is 1.68 bits per heavy atom. The van der Waals surface area contributed by atoms with Gasteiger partial charge in [-0.15, -0.1) is 0 Å². The van der Waals surface area contributed by atoms with E-state index in [0.29, 0.717) is 0 Å². The molecule has 2 aliphatic rings. The molecule has 1 saturated heterocycles. The van der Waals surface area contributed by atoms with Gasteiger partial charge in [-0.25, -0.2) is 4.79 Å². The first-order chi connectivity index (χ1) is 15.6. The van der Waals surface area contributed by atoms with E-state index in [2.05, 4.69) is 0 Å². The van der Waals surface area contributed by atoms with Crippen LogP contribution in [0.4, 0.5) is 30.7 Å². The van der Waals surface area contributed by atoms with Crippen molar-refractivity contribution in [3.8, 4) is 0 Å². The molecule has 0 unspecified atom stereocenters. The summed E-state index contributed by atoms with van der Waals surface area (Å²) in [6, 6.07) is -3.56. The molecule has 2 heterocycles. The number of carbonyl (C=O) groups is 2. The fourth-order valence-electron chi connectivity index (χ4n) is 3.38. The summed E-state index contributed by atoms with van der Waals surface area (Å²) in [4.78, 5) is 24.8. The molecule has 0 saturated carbocycles. The van der Waals surface area contributed by atoms with E-state index in [9.17, 15) is 55.6 Å². The van der Waals surface area contributed by atoms with Crippen LogP contribution in [0.25, 0.3) is 0 Å². The van der Waals surface area contributed by atoms with Gasteiger partial charge in [0.05, 0.1) is 31.9 Å². The highest BCUT2D eigenvalue weighted by atomic mass is 19.4. The average Bonchev–Trinajstić information content (AvgIpc) is 2.77. The SMILES string of the molecule is O=C(O)C1=C[C@@H](N2CCOCC2)[C@@H](NC(=O)C(F)(F)C(F)(F)C(F)(F)F)[C@@H]([C@@H](O)[C@H](O)CO)O1. The molecule has 5 atom stereocenters. The van der Waals surface area contributed by atoms with Crippen LogP contribution in [-0.4, -0.2) is 119 Å². The summed E-state index contributed by atoms with van der Waals surface area (Å²) < 4.78 is 102. The largest absolute Gasteiger partial charge is 0.478 e. The predicted molar refractivity (Wildman–Crippen MR) is 93.8 cm³/mol. The number of carbonyl (C=O) groups excluding carboxylic acids is 1. The highest BCUT2D eigenvalue weighted by Gasteiger charge is 2.76. The Balaban J connectivity index is 2.51. The summed E-state index contributed by atoms with van der Waals surface area (Å²) in [7, 11) is 0. The third-order valence-electron chi connectivity index (χ3n) is 5.24. The van der Waals surface area contributed by atoms with Gasteiger partial charge in [-0.2, -0.15) is 30.7 Å². The first kappa shape index (κ1) is 28.0. The zero-order chi connectivity index (χ0) is 26.1. The number of nitrogens with zero attached hydrogens (tertiary/aromatic N) is 1. The van der Waals surface area contributed by atoms with Crippen molar-refractivity contribution in [1.82, 2.24) is 10.2 Å². The lowest BCUT2D eigenvalue weighted by atomic mass is 9.90. The normalized spacial score (nSPS) is 26.8. The molecule has 34 heavy (non-hydrogen) atoms.